The zero-order valence-electron chi connectivity index (χ0n) is 13.1. The van der Waals surface area contributed by atoms with E-state index in [2.05, 4.69) is 5.32 Å². The second-order valence-electron chi connectivity index (χ2n) is 5.59. The van der Waals surface area contributed by atoms with E-state index in [9.17, 15) is 14.3 Å². The first-order valence-electron chi connectivity index (χ1n) is 7.81. The third kappa shape index (κ3) is 3.65. The van der Waals surface area contributed by atoms with Gasteiger partial charge < -0.3 is 20.1 Å². The minimum absolute atomic E-state index is 0.376. The van der Waals surface area contributed by atoms with E-state index in [-0.39, 0.29) is 5.82 Å². The molecule has 2 N–H and O–H groups in total. The molecule has 2 aromatic rings. The van der Waals surface area contributed by atoms with Crippen LogP contribution in [0.3, 0.4) is 0 Å². The third-order valence-corrected chi connectivity index (χ3v) is 3.99. The van der Waals surface area contributed by atoms with Crippen LogP contribution in [-0.4, -0.2) is 37.4 Å². The molecule has 0 saturated carbocycles. The van der Waals surface area contributed by atoms with Gasteiger partial charge in [-0.2, -0.15) is 0 Å². The largest absolute Gasteiger partial charge is 0.479 e. The second kappa shape index (κ2) is 7.31. The van der Waals surface area contributed by atoms with Crippen LogP contribution in [-0.2, 0) is 9.53 Å². The van der Waals surface area contributed by atoms with Gasteiger partial charge in [0, 0.05) is 18.8 Å². The molecule has 1 aliphatic heterocycles. The molecule has 6 heteroatoms. The van der Waals surface area contributed by atoms with Gasteiger partial charge in [-0.1, -0.05) is 30.3 Å². The first kappa shape index (κ1) is 16.3. The number of carboxylic acid groups (broad SMARTS) is 1. The lowest BCUT2D eigenvalue weighted by Crippen LogP contribution is -2.36. The standard InChI is InChI=1S/C18H19FN2O3/c19-15-12-14(6-7-16(15)21-8-10-24-11-9-21)20-17(18(22)23)13-4-2-1-3-5-13/h1-7,12,17,20H,8-11H2,(H,22,23). The highest BCUT2D eigenvalue weighted by atomic mass is 19.1. The van der Waals surface area contributed by atoms with E-state index >= 15 is 0 Å². The lowest BCUT2D eigenvalue weighted by atomic mass is 10.1. The molecule has 126 valence electrons. The lowest BCUT2D eigenvalue weighted by Gasteiger charge is -2.29. The monoisotopic (exact) mass is 330 g/mol. The van der Waals surface area contributed by atoms with E-state index in [0.29, 0.717) is 43.2 Å². The predicted molar refractivity (Wildman–Crippen MR) is 89.9 cm³/mol. The molecular formula is C18H19FN2O3. The summed E-state index contributed by atoms with van der Waals surface area (Å²) in [7, 11) is 0. The number of hydrogen-bond acceptors (Lipinski definition) is 4. The Labute approximate surface area is 139 Å². The predicted octanol–water partition coefficient (Wildman–Crippen LogP) is 2.90. The molecule has 1 aliphatic rings. The number of halogens is 1. The van der Waals surface area contributed by atoms with Crippen LogP contribution in [0.25, 0.3) is 0 Å². The SMILES string of the molecule is O=C(O)C(Nc1ccc(N2CCOCC2)c(F)c1)c1ccccc1. The number of aliphatic carboxylic acids is 1. The summed E-state index contributed by atoms with van der Waals surface area (Å²) in [5.41, 5.74) is 1.55. The molecule has 0 spiro atoms. The Morgan fingerprint density at radius 1 is 1.17 bits per heavy atom. The maximum Gasteiger partial charge on any atom is 0.330 e. The van der Waals surface area contributed by atoms with Crippen LogP contribution in [0.15, 0.2) is 48.5 Å². The highest BCUT2D eigenvalue weighted by molar-refractivity contribution is 5.79. The molecule has 1 atom stereocenters. The van der Waals surface area contributed by atoms with E-state index in [1.807, 2.05) is 11.0 Å². The summed E-state index contributed by atoms with van der Waals surface area (Å²) >= 11 is 0. The number of benzene rings is 2. The second-order valence-corrected chi connectivity index (χ2v) is 5.59. The van der Waals surface area contributed by atoms with Crippen molar-refractivity contribution in [2.24, 2.45) is 0 Å². The Kier molecular flexibility index (Phi) is 4.96. The third-order valence-electron chi connectivity index (χ3n) is 3.99. The number of ether oxygens (including phenoxy) is 1. The molecule has 1 fully saturated rings. The molecule has 1 unspecified atom stereocenters. The van der Waals surface area contributed by atoms with Crippen molar-refractivity contribution in [2.45, 2.75) is 6.04 Å². The molecular weight excluding hydrogens is 311 g/mol. The molecule has 0 aromatic heterocycles. The number of morpholine rings is 1. The normalized spacial score (nSPS) is 15.8. The Balaban J connectivity index is 1.79. The van der Waals surface area contributed by atoms with E-state index < -0.39 is 12.0 Å². The molecule has 0 radical (unpaired) electrons. The van der Waals surface area contributed by atoms with Crippen LogP contribution in [0.4, 0.5) is 15.8 Å². The molecule has 2 aromatic carbocycles. The van der Waals surface area contributed by atoms with Crippen LogP contribution in [0.1, 0.15) is 11.6 Å². The lowest BCUT2D eigenvalue weighted by molar-refractivity contribution is -0.138. The van der Waals surface area contributed by atoms with Crippen molar-refractivity contribution in [3.63, 3.8) is 0 Å². The van der Waals surface area contributed by atoms with Gasteiger partial charge in [0.1, 0.15) is 5.82 Å². The van der Waals surface area contributed by atoms with Crippen LogP contribution >= 0.6 is 0 Å². The maximum atomic E-state index is 14.4. The number of rotatable bonds is 5. The smallest absolute Gasteiger partial charge is 0.330 e. The average Bonchev–Trinajstić information content (AvgIpc) is 2.61. The highest BCUT2D eigenvalue weighted by Crippen LogP contribution is 2.26. The summed E-state index contributed by atoms with van der Waals surface area (Å²) in [6.45, 7) is 2.44. The summed E-state index contributed by atoms with van der Waals surface area (Å²) < 4.78 is 19.7. The molecule has 1 heterocycles. The first-order chi connectivity index (χ1) is 11.6. The molecule has 3 rings (SSSR count). The number of carboxylic acids is 1. The van der Waals surface area contributed by atoms with Crippen molar-refractivity contribution in [3.8, 4) is 0 Å². The Bertz CT molecular complexity index is 703. The number of nitrogens with one attached hydrogen (secondary N) is 1. The molecule has 0 bridgehead atoms. The number of carbonyl (C=O) groups is 1. The van der Waals surface area contributed by atoms with Gasteiger partial charge in [0.25, 0.3) is 0 Å². The molecule has 5 nitrogen and oxygen atoms in total. The summed E-state index contributed by atoms with van der Waals surface area (Å²) in [6.07, 6.45) is 0. The first-order valence-corrected chi connectivity index (χ1v) is 7.81. The minimum atomic E-state index is -1.01. The molecule has 1 saturated heterocycles. The van der Waals surface area contributed by atoms with Gasteiger partial charge in [-0.15, -0.1) is 0 Å². The van der Waals surface area contributed by atoms with E-state index in [1.165, 1.54) is 6.07 Å². The van der Waals surface area contributed by atoms with Gasteiger partial charge in [0.2, 0.25) is 0 Å². The van der Waals surface area contributed by atoms with Gasteiger partial charge in [0.15, 0.2) is 6.04 Å². The fraction of sp³-hybridized carbons (Fsp3) is 0.278. The summed E-state index contributed by atoms with van der Waals surface area (Å²) in [5.74, 6) is -1.39. The maximum absolute atomic E-state index is 14.4. The van der Waals surface area contributed by atoms with Crippen molar-refractivity contribution in [2.75, 3.05) is 36.5 Å². The summed E-state index contributed by atoms with van der Waals surface area (Å²) in [5, 5.41) is 12.3. The Hall–Kier alpha value is -2.60. The van der Waals surface area contributed by atoms with Crippen molar-refractivity contribution in [3.05, 3.63) is 59.9 Å². The Morgan fingerprint density at radius 3 is 2.50 bits per heavy atom. The zero-order chi connectivity index (χ0) is 16.9. The number of hydrogen-bond donors (Lipinski definition) is 2. The van der Waals surface area contributed by atoms with Crippen LogP contribution in [0.2, 0.25) is 0 Å². The number of nitrogens with zero attached hydrogens (tertiary/aromatic N) is 1. The van der Waals surface area contributed by atoms with Gasteiger partial charge >= 0.3 is 5.97 Å². The van der Waals surface area contributed by atoms with Crippen molar-refractivity contribution >= 4 is 17.3 Å². The average molecular weight is 330 g/mol. The topological polar surface area (TPSA) is 61.8 Å². The highest BCUT2D eigenvalue weighted by Gasteiger charge is 2.21. The number of anilines is 2. The van der Waals surface area contributed by atoms with E-state index in [0.717, 1.165) is 0 Å². The van der Waals surface area contributed by atoms with Gasteiger partial charge in [-0.05, 0) is 23.8 Å². The molecule has 0 amide bonds. The van der Waals surface area contributed by atoms with Gasteiger partial charge in [0.05, 0.1) is 18.9 Å². The summed E-state index contributed by atoms with van der Waals surface area (Å²) in [6, 6.07) is 12.6. The fourth-order valence-corrected chi connectivity index (χ4v) is 2.76. The fourth-order valence-electron chi connectivity index (χ4n) is 2.76. The van der Waals surface area contributed by atoms with Gasteiger partial charge in [-0.25, -0.2) is 9.18 Å². The van der Waals surface area contributed by atoms with Crippen LogP contribution < -0.4 is 10.2 Å². The molecule has 24 heavy (non-hydrogen) atoms. The summed E-state index contributed by atoms with van der Waals surface area (Å²) in [4.78, 5) is 13.5. The van der Waals surface area contributed by atoms with Crippen molar-refractivity contribution < 1.29 is 19.0 Å². The minimum Gasteiger partial charge on any atom is -0.479 e. The van der Waals surface area contributed by atoms with E-state index in [4.69, 9.17) is 4.74 Å². The van der Waals surface area contributed by atoms with Crippen LogP contribution in [0, 0.1) is 5.82 Å². The van der Waals surface area contributed by atoms with Crippen LogP contribution in [0.5, 0.6) is 0 Å². The van der Waals surface area contributed by atoms with Gasteiger partial charge in [-0.3, -0.25) is 0 Å². The quantitative estimate of drug-likeness (QED) is 0.883. The van der Waals surface area contributed by atoms with Crippen molar-refractivity contribution in [1.82, 2.24) is 0 Å². The zero-order valence-corrected chi connectivity index (χ0v) is 13.1. The molecule has 0 aliphatic carbocycles. The Morgan fingerprint density at radius 2 is 1.88 bits per heavy atom. The van der Waals surface area contributed by atoms with E-state index in [1.54, 1.807) is 36.4 Å². The van der Waals surface area contributed by atoms with Crippen molar-refractivity contribution in [1.29, 1.82) is 0 Å².